The van der Waals surface area contributed by atoms with E-state index in [0.717, 1.165) is 16.9 Å². The van der Waals surface area contributed by atoms with Gasteiger partial charge in [0, 0.05) is 18.1 Å². The van der Waals surface area contributed by atoms with Crippen molar-refractivity contribution < 1.29 is 18.7 Å². The molecule has 0 spiro atoms. The van der Waals surface area contributed by atoms with Crippen LogP contribution in [0.4, 0.5) is 4.39 Å². The lowest BCUT2D eigenvalue weighted by Crippen LogP contribution is -2.31. The molecule has 30 heavy (non-hydrogen) atoms. The van der Waals surface area contributed by atoms with Gasteiger partial charge >= 0.3 is 0 Å². The Balaban J connectivity index is 1.41. The fraction of sp³-hybridized carbons (Fsp3) is 0.125. The molecule has 3 aromatic rings. The standard InChI is InChI=1S/C24H17ClFNO3/c25-17-5-1-16(2-6-17)12-27-13-20-21(29-14-27)10-9-19-23(28)22(30-24(19)20)11-15-3-7-18(26)8-4-15/h1-11H,12-14H2/b22-11-. The van der Waals surface area contributed by atoms with E-state index in [-0.39, 0.29) is 17.4 Å². The number of hydrogen-bond donors (Lipinski definition) is 0. The minimum absolute atomic E-state index is 0.188. The largest absolute Gasteiger partial charge is 0.478 e. The zero-order valence-corrected chi connectivity index (χ0v) is 16.7. The summed E-state index contributed by atoms with van der Waals surface area (Å²) >= 11 is 5.97. The van der Waals surface area contributed by atoms with Crippen LogP contribution in [0.1, 0.15) is 27.0 Å². The summed E-state index contributed by atoms with van der Waals surface area (Å²) in [5.41, 5.74) is 3.18. The van der Waals surface area contributed by atoms with Gasteiger partial charge in [0.05, 0.1) is 11.1 Å². The Labute approximate surface area is 178 Å². The highest BCUT2D eigenvalue weighted by molar-refractivity contribution is 6.30. The van der Waals surface area contributed by atoms with Crippen LogP contribution < -0.4 is 9.47 Å². The molecule has 5 rings (SSSR count). The molecule has 2 aliphatic heterocycles. The van der Waals surface area contributed by atoms with Gasteiger partial charge in [-0.05, 0) is 53.6 Å². The Morgan fingerprint density at radius 2 is 1.80 bits per heavy atom. The van der Waals surface area contributed by atoms with Gasteiger partial charge in [0.2, 0.25) is 5.78 Å². The third-order valence-electron chi connectivity index (χ3n) is 5.17. The van der Waals surface area contributed by atoms with E-state index < -0.39 is 0 Å². The zero-order chi connectivity index (χ0) is 20.7. The van der Waals surface area contributed by atoms with E-state index in [2.05, 4.69) is 4.90 Å². The summed E-state index contributed by atoms with van der Waals surface area (Å²) in [6, 6.07) is 17.2. The van der Waals surface area contributed by atoms with Gasteiger partial charge in [-0.3, -0.25) is 9.69 Å². The molecule has 0 N–H and O–H groups in total. The Morgan fingerprint density at radius 1 is 1.03 bits per heavy atom. The van der Waals surface area contributed by atoms with E-state index in [1.54, 1.807) is 24.3 Å². The van der Waals surface area contributed by atoms with E-state index in [4.69, 9.17) is 21.1 Å². The van der Waals surface area contributed by atoms with Gasteiger partial charge in [0.1, 0.15) is 24.0 Å². The molecule has 4 nitrogen and oxygen atoms in total. The van der Waals surface area contributed by atoms with E-state index in [9.17, 15) is 9.18 Å². The second kappa shape index (κ2) is 7.59. The number of ketones is 1. The summed E-state index contributed by atoms with van der Waals surface area (Å²) in [7, 11) is 0. The molecule has 0 atom stereocenters. The number of carbonyl (C=O) groups excluding carboxylic acids is 1. The average Bonchev–Trinajstić information content (AvgIpc) is 3.07. The molecule has 0 saturated heterocycles. The van der Waals surface area contributed by atoms with E-state index >= 15 is 0 Å². The number of benzene rings is 3. The quantitative estimate of drug-likeness (QED) is 0.527. The number of Topliss-reactive ketones (excluding diaryl/α,β-unsaturated/α-hetero) is 1. The maximum absolute atomic E-state index is 13.1. The van der Waals surface area contributed by atoms with Crippen molar-refractivity contribution in [1.82, 2.24) is 4.90 Å². The number of carbonyl (C=O) groups is 1. The third-order valence-corrected chi connectivity index (χ3v) is 5.42. The number of nitrogens with zero attached hydrogens (tertiary/aromatic N) is 1. The number of ether oxygens (including phenoxy) is 2. The van der Waals surface area contributed by atoms with E-state index in [1.807, 2.05) is 30.3 Å². The number of halogens is 2. The fourth-order valence-electron chi connectivity index (χ4n) is 3.66. The monoisotopic (exact) mass is 421 g/mol. The molecule has 6 heteroatoms. The van der Waals surface area contributed by atoms with Gasteiger partial charge in [0.15, 0.2) is 5.76 Å². The first-order chi connectivity index (χ1) is 14.6. The maximum Gasteiger partial charge on any atom is 0.231 e. The lowest BCUT2D eigenvalue weighted by atomic mass is 10.0. The number of allylic oxidation sites excluding steroid dienone is 1. The summed E-state index contributed by atoms with van der Waals surface area (Å²) in [6.07, 6.45) is 1.63. The smallest absolute Gasteiger partial charge is 0.231 e. The molecule has 2 aliphatic rings. The van der Waals surface area contributed by atoms with Crippen molar-refractivity contribution in [1.29, 1.82) is 0 Å². The average molecular weight is 422 g/mol. The molecule has 0 fully saturated rings. The minimum atomic E-state index is -0.328. The molecule has 0 unspecified atom stereocenters. The summed E-state index contributed by atoms with van der Waals surface area (Å²) in [6.45, 7) is 1.73. The predicted molar refractivity (Wildman–Crippen MR) is 112 cm³/mol. The Hall–Kier alpha value is -3.15. The van der Waals surface area contributed by atoms with Crippen LogP contribution in [0.3, 0.4) is 0 Å². The van der Waals surface area contributed by atoms with Crippen LogP contribution in [-0.2, 0) is 13.1 Å². The highest BCUT2D eigenvalue weighted by Crippen LogP contribution is 2.42. The molecular weight excluding hydrogens is 405 g/mol. The normalized spacial score (nSPS) is 16.7. The van der Waals surface area contributed by atoms with Crippen LogP contribution >= 0.6 is 11.6 Å². The first kappa shape index (κ1) is 18.9. The fourth-order valence-corrected chi connectivity index (χ4v) is 3.79. The lowest BCUT2D eigenvalue weighted by Gasteiger charge is -2.29. The number of hydrogen-bond acceptors (Lipinski definition) is 4. The van der Waals surface area contributed by atoms with Crippen LogP contribution in [0.2, 0.25) is 5.02 Å². The van der Waals surface area contributed by atoms with Crippen LogP contribution in [-0.4, -0.2) is 17.4 Å². The van der Waals surface area contributed by atoms with Gasteiger partial charge in [0.25, 0.3) is 0 Å². The van der Waals surface area contributed by atoms with Gasteiger partial charge in [-0.25, -0.2) is 4.39 Å². The molecule has 2 heterocycles. The summed E-state index contributed by atoms with van der Waals surface area (Å²) in [4.78, 5) is 15.0. The number of fused-ring (bicyclic) bond motifs is 3. The molecule has 0 aromatic heterocycles. The molecular formula is C24H17ClFNO3. The van der Waals surface area contributed by atoms with Crippen molar-refractivity contribution in [2.75, 3.05) is 6.73 Å². The summed E-state index contributed by atoms with van der Waals surface area (Å²) in [5, 5.41) is 0.698. The van der Waals surface area contributed by atoms with Gasteiger partial charge in [-0.15, -0.1) is 0 Å². The van der Waals surface area contributed by atoms with Gasteiger partial charge < -0.3 is 9.47 Å². The predicted octanol–water partition coefficient (Wildman–Crippen LogP) is 5.45. The molecule has 3 aromatic carbocycles. The molecule has 0 saturated carbocycles. The van der Waals surface area contributed by atoms with E-state index in [0.29, 0.717) is 41.7 Å². The molecule has 0 bridgehead atoms. The first-order valence-corrected chi connectivity index (χ1v) is 9.90. The second-order valence-electron chi connectivity index (χ2n) is 7.30. The molecule has 0 radical (unpaired) electrons. The molecule has 0 amide bonds. The number of rotatable bonds is 3. The van der Waals surface area contributed by atoms with Crippen molar-refractivity contribution >= 4 is 23.5 Å². The first-order valence-electron chi connectivity index (χ1n) is 9.52. The zero-order valence-electron chi connectivity index (χ0n) is 15.9. The lowest BCUT2D eigenvalue weighted by molar-refractivity contribution is 0.0873. The van der Waals surface area contributed by atoms with Gasteiger partial charge in [-0.2, -0.15) is 0 Å². The van der Waals surface area contributed by atoms with Crippen molar-refractivity contribution in [3.05, 3.63) is 99.5 Å². The van der Waals surface area contributed by atoms with Crippen molar-refractivity contribution in [2.24, 2.45) is 0 Å². The summed E-state index contributed by atoms with van der Waals surface area (Å²) < 4.78 is 25.0. The van der Waals surface area contributed by atoms with Crippen molar-refractivity contribution in [3.8, 4) is 11.5 Å². The Bertz CT molecular complexity index is 1160. The van der Waals surface area contributed by atoms with Crippen molar-refractivity contribution in [3.63, 3.8) is 0 Å². The third kappa shape index (κ3) is 3.58. The second-order valence-corrected chi connectivity index (χ2v) is 7.73. The maximum atomic E-state index is 13.1. The van der Waals surface area contributed by atoms with Crippen LogP contribution in [0.25, 0.3) is 6.08 Å². The molecule has 0 aliphatic carbocycles. The summed E-state index contributed by atoms with van der Waals surface area (Å²) in [5.74, 6) is 0.960. The highest BCUT2D eigenvalue weighted by Gasteiger charge is 2.33. The Kier molecular flexibility index (Phi) is 4.77. The van der Waals surface area contributed by atoms with E-state index in [1.165, 1.54) is 12.1 Å². The SMILES string of the molecule is O=C1/C(=C/c2ccc(F)cc2)Oc2c1ccc1c2CN(Cc2ccc(Cl)cc2)CO1. The van der Waals surface area contributed by atoms with Crippen molar-refractivity contribution in [2.45, 2.75) is 13.1 Å². The van der Waals surface area contributed by atoms with Crippen LogP contribution in [0.5, 0.6) is 11.5 Å². The van der Waals surface area contributed by atoms with Crippen LogP contribution in [0, 0.1) is 5.82 Å². The molecule has 150 valence electrons. The van der Waals surface area contributed by atoms with Gasteiger partial charge in [-0.1, -0.05) is 35.9 Å². The topological polar surface area (TPSA) is 38.8 Å². The Morgan fingerprint density at radius 3 is 2.57 bits per heavy atom. The minimum Gasteiger partial charge on any atom is -0.478 e. The highest BCUT2D eigenvalue weighted by atomic mass is 35.5. The van der Waals surface area contributed by atoms with Crippen LogP contribution in [0.15, 0.2) is 66.4 Å².